The average Bonchev–Trinajstić information content (AvgIpc) is 3.15. The third-order valence-electron chi connectivity index (χ3n) is 5.93. The minimum Gasteiger partial charge on any atom is -0.507 e. The minimum absolute atomic E-state index is 0.0313. The Hall–Kier alpha value is -4.46. The highest BCUT2D eigenvalue weighted by atomic mass is 16.5. The van der Waals surface area contributed by atoms with Gasteiger partial charge in [0.05, 0.1) is 29.0 Å². The first-order valence-electron chi connectivity index (χ1n) is 12.4. The lowest BCUT2D eigenvalue weighted by molar-refractivity contribution is -0.132. The fraction of sp³-hybridized carbons (Fsp3) is 0.267. The summed E-state index contributed by atoms with van der Waals surface area (Å²) in [5.41, 5.74) is 1.96. The van der Waals surface area contributed by atoms with Crippen LogP contribution in [0, 0.1) is 6.92 Å². The summed E-state index contributed by atoms with van der Waals surface area (Å²) in [6, 6.07) is 15.5. The number of anilines is 1. The predicted molar refractivity (Wildman–Crippen MR) is 143 cm³/mol. The van der Waals surface area contributed by atoms with E-state index in [-0.39, 0.29) is 29.1 Å². The smallest absolute Gasteiger partial charge is 0.338 e. The molecule has 0 radical (unpaired) electrons. The number of ether oxygens (including phenoxy) is 2. The SMILES string of the molecule is Cc1cc(/C(O)=C2\C(=O)C(=O)N(c3cccc(C(=O)OC(C)C)c3)C2c2ccccn2)ccc1OC(C)C. The van der Waals surface area contributed by atoms with Crippen LogP contribution in [0.2, 0.25) is 0 Å². The normalized spacial score (nSPS) is 16.8. The van der Waals surface area contributed by atoms with Gasteiger partial charge in [0.15, 0.2) is 0 Å². The number of benzene rings is 2. The third-order valence-corrected chi connectivity index (χ3v) is 5.93. The summed E-state index contributed by atoms with van der Waals surface area (Å²) in [6.45, 7) is 9.15. The van der Waals surface area contributed by atoms with E-state index in [1.165, 1.54) is 11.0 Å². The number of hydrogen-bond acceptors (Lipinski definition) is 7. The Labute approximate surface area is 221 Å². The summed E-state index contributed by atoms with van der Waals surface area (Å²) < 4.78 is 11.1. The molecule has 0 saturated carbocycles. The number of Topliss-reactive ketones (excluding diaryl/α,β-unsaturated/α-hetero) is 1. The quantitative estimate of drug-likeness (QED) is 0.196. The molecule has 0 bridgehead atoms. The number of aliphatic hydroxyl groups is 1. The zero-order valence-corrected chi connectivity index (χ0v) is 22.0. The number of carbonyl (C=O) groups excluding carboxylic acids is 3. The molecule has 1 aromatic heterocycles. The lowest BCUT2D eigenvalue weighted by Crippen LogP contribution is -2.30. The maximum atomic E-state index is 13.4. The van der Waals surface area contributed by atoms with Gasteiger partial charge in [-0.15, -0.1) is 0 Å². The van der Waals surface area contributed by atoms with Crippen molar-refractivity contribution < 1.29 is 29.0 Å². The van der Waals surface area contributed by atoms with Gasteiger partial charge in [0.2, 0.25) is 0 Å². The molecule has 0 aliphatic carbocycles. The Morgan fingerprint density at radius 3 is 2.34 bits per heavy atom. The van der Waals surface area contributed by atoms with Crippen molar-refractivity contribution in [2.24, 2.45) is 0 Å². The van der Waals surface area contributed by atoms with Crippen LogP contribution in [0.1, 0.15) is 60.9 Å². The molecule has 8 heteroatoms. The van der Waals surface area contributed by atoms with Crippen LogP contribution in [0.15, 0.2) is 72.4 Å². The molecule has 1 aliphatic heterocycles. The first-order valence-corrected chi connectivity index (χ1v) is 12.4. The standard InChI is InChI=1S/C30H30N2O6/c1-17(2)37-24-13-12-20(15-19(24)5)27(33)25-26(23-11-6-7-14-31-23)32(29(35)28(25)34)22-10-8-9-21(16-22)30(36)38-18(3)4/h6-18,26,33H,1-5H3/b27-25+. The molecular formula is C30H30N2O6. The van der Waals surface area contributed by atoms with Crippen molar-refractivity contribution in [2.45, 2.75) is 52.9 Å². The first-order chi connectivity index (χ1) is 18.1. The Balaban J connectivity index is 1.85. The number of esters is 1. The van der Waals surface area contributed by atoms with Crippen molar-refractivity contribution in [1.82, 2.24) is 4.98 Å². The number of aryl methyl sites for hydroxylation is 1. The van der Waals surface area contributed by atoms with Crippen molar-refractivity contribution >= 4 is 29.1 Å². The molecular weight excluding hydrogens is 484 g/mol. The van der Waals surface area contributed by atoms with E-state index in [2.05, 4.69) is 4.98 Å². The van der Waals surface area contributed by atoms with E-state index in [9.17, 15) is 19.5 Å². The number of aromatic nitrogens is 1. The van der Waals surface area contributed by atoms with Crippen molar-refractivity contribution in [2.75, 3.05) is 4.90 Å². The van der Waals surface area contributed by atoms with Crippen LogP contribution in [0.25, 0.3) is 5.76 Å². The van der Waals surface area contributed by atoms with E-state index < -0.39 is 23.7 Å². The van der Waals surface area contributed by atoms with Gasteiger partial charge in [-0.1, -0.05) is 12.1 Å². The molecule has 1 atom stereocenters. The van der Waals surface area contributed by atoms with E-state index in [1.54, 1.807) is 74.6 Å². The number of pyridine rings is 1. The highest BCUT2D eigenvalue weighted by Crippen LogP contribution is 2.42. The van der Waals surface area contributed by atoms with Crippen molar-refractivity contribution in [3.8, 4) is 5.75 Å². The maximum Gasteiger partial charge on any atom is 0.338 e. The first kappa shape index (κ1) is 26.6. The van der Waals surface area contributed by atoms with E-state index >= 15 is 0 Å². The summed E-state index contributed by atoms with van der Waals surface area (Å²) in [5.74, 6) is -1.91. The Bertz CT molecular complexity index is 1410. The monoisotopic (exact) mass is 514 g/mol. The van der Waals surface area contributed by atoms with Gasteiger partial charge < -0.3 is 14.6 Å². The van der Waals surface area contributed by atoms with Crippen LogP contribution in [-0.2, 0) is 14.3 Å². The van der Waals surface area contributed by atoms with Crippen LogP contribution >= 0.6 is 0 Å². The van der Waals surface area contributed by atoms with Crippen LogP contribution in [0.3, 0.4) is 0 Å². The van der Waals surface area contributed by atoms with Gasteiger partial charge >= 0.3 is 5.97 Å². The number of hydrogen-bond donors (Lipinski definition) is 1. The van der Waals surface area contributed by atoms with Gasteiger partial charge in [0.1, 0.15) is 17.6 Å². The lowest BCUT2D eigenvalue weighted by Gasteiger charge is -2.25. The van der Waals surface area contributed by atoms with Crippen LogP contribution in [0.5, 0.6) is 5.75 Å². The zero-order chi connectivity index (χ0) is 27.6. The second kappa shape index (κ2) is 10.9. The minimum atomic E-state index is -1.01. The number of ketones is 1. The predicted octanol–water partition coefficient (Wildman–Crippen LogP) is 5.37. The molecule has 2 heterocycles. The fourth-order valence-electron chi connectivity index (χ4n) is 4.32. The molecule has 1 amide bonds. The lowest BCUT2D eigenvalue weighted by atomic mass is 9.97. The van der Waals surface area contributed by atoms with Crippen LogP contribution in [0.4, 0.5) is 5.69 Å². The van der Waals surface area contributed by atoms with Gasteiger partial charge in [-0.25, -0.2) is 4.79 Å². The topological polar surface area (TPSA) is 106 Å². The number of nitrogens with zero attached hydrogens (tertiary/aromatic N) is 2. The highest BCUT2D eigenvalue weighted by Gasteiger charge is 2.47. The third kappa shape index (κ3) is 5.29. The summed E-state index contributed by atoms with van der Waals surface area (Å²) in [4.78, 5) is 45.0. The molecule has 38 heavy (non-hydrogen) atoms. The van der Waals surface area contributed by atoms with Crippen molar-refractivity contribution in [3.63, 3.8) is 0 Å². The summed E-state index contributed by atoms with van der Waals surface area (Å²) in [6.07, 6.45) is 1.19. The molecule has 1 N–H and O–H groups in total. The average molecular weight is 515 g/mol. The van der Waals surface area contributed by atoms with E-state index in [0.717, 1.165) is 5.56 Å². The van der Waals surface area contributed by atoms with Gasteiger partial charge in [-0.05, 0) is 88.7 Å². The second-order valence-corrected chi connectivity index (χ2v) is 9.57. The molecule has 196 valence electrons. The molecule has 1 aliphatic rings. The highest BCUT2D eigenvalue weighted by molar-refractivity contribution is 6.51. The molecule has 2 aromatic carbocycles. The molecule has 3 aromatic rings. The number of amides is 1. The van der Waals surface area contributed by atoms with Crippen LogP contribution < -0.4 is 9.64 Å². The van der Waals surface area contributed by atoms with Gasteiger partial charge in [0, 0.05) is 17.4 Å². The zero-order valence-electron chi connectivity index (χ0n) is 22.0. The van der Waals surface area contributed by atoms with Gasteiger partial charge in [0.25, 0.3) is 11.7 Å². The number of carbonyl (C=O) groups is 3. The summed E-state index contributed by atoms with van der Waals surface area (Å²) in [5, 5.41) is 11.4. The van der Waals surface area contributed by atoms with Gasteiger partial charge in [-0.2, -0.15) is 0 Å². The molecule has 1 saturated heterocycles. The molecule has 4 rings (SSSR count). The fourth-order valence-corrected chi connectivity index (χ4v) is 4.32. The Morgan fingerprint density at radius 2 is 1.71 bits per heavy atom. The van der Waals surface area contributed by atoms with Gasteiger partial charge in [-0.3, -0.25) is 19.5 Å². The molecule has 1 fully saturated rings. The number of aliphatic hydroxyl groups excluding tert-OH is 1. The Kier molecular flexibility index (Phi) is 7.62. The molecule has 8 nitrogen and oxygen atoms in total. The summed E-state index contributed by atoms with van der Waals surface area (Å²) >= 11 is 0. The van der Waals surface area contributed by atoms with E-state index in [4.69, 9.17) is 9.47 Å². The Morgan fingerprint density at radius 1 is 0.947 bits per heavy atom. The maximum absolute atomic E-state index is 13.4. The largest absolute Gasteiger partial charge is 0.507 e. The molecule has 1 unspecified atom stereocenters. The van der Waals surface area contributed by atoms with Crippen molar-refractivity contribution in [1.29, 1.82) is 0 Å². The molecule has 0 spiro atoms. The van der Waals surface area contributed by atoms with E-state index in [1.807, 2.05) is 20.8 Å². The van der Waals surface area contributed by atoms with Crippen LogP contribution in [-0.4, -0.2) is 40.0 Å². The second-order valence-electron chi connectivity index (χ2n) is 9.57. The van der Waals surface area contributed by atoms with Crippen molar-refractivity contribution in [3.05, 3.63) is 94.8 Å². The summed E-state index contributed by atoms with van der Waals surface area (Å²) in [7, 11) is 0. The van der Waals surface area contributed by atoms with E-state index in [0.29, 0.717) is 22.7 Å². The number of rotatable bonds is 7.